The van der Waals surface area contributed by atoms with Crippen molar-refractivity contribution in [1.29, 1.82) is 0 Å². The minimum Gasteiger partial charge on any atom is -0.461 e. The Bertz CT molecular complexity index is 215. The van der Waals surface area contributed by atoms with Crippen molar-refractivity contribution in [1.82, 2.24) is 0 Å². The van der Waals surface area contributed by atoms with Crippen LogP contribution in [0.1, 0.15) is 0 Å². The van der Waals surface area contributed by atoms with E-state index in [4.69, 9.17) is 11.6 Å². The molecule has 3 heteroatoms. The van der Waals surface area contributed by atoms with E-state index in [2.05, 4.69) is 10.8 Å². The fourth-order valence-corrected chi connectivity index (χ4v) is 0.752. The molecule has 53 valence electrons. The van der Waals surface area contributed by atoms with E-state index in [1.54, 1.807) is 12.1 Å². The number of halogens is 2. The van der Waals surface area contributed by atoms with Gasteiger partial charge in [0.15, 0.2) is 0 Å². The maximum Gasteiger partial charge on any atom is 0.228 e. The van der Waals surface area contributed by atoms with Crippen molar-refractivity contribution >= 4 is 11.6 Å². The van der Waals surface area contributed by atoms with Crippen LogP contribution in [-0.2, 0) is 0 Å². The molecule has 1 nitrogen and oxygen atoms in total. The SMILES string of the molecule is FCOc1cc[c]cc1Cl. The Kier molecular flexibility index (Phi) is 2.51. The summed E-state index contributed by atoms with van der Waals surface area (Å²) < 4.78 is 16.1. The topological polar surface area (TPSA) is 9.23 Å². The van der Waals surface area contributed by atoms with Crippen LogP contribution in [0, 0.1) is 6.07 Å². The van der Waals surface area contributed by atoms with Crippen LogP contribution in [0.4, 0.5) is 4.39 Å². The van der Waals surface area contributed by atoms with Gasteiger partial charge in [-0.25, -0.2) is 4.39 Å². The van der Waals surface area contributed by atoms with Crippen molar-refractivity contribution < 1.29 is 9.13 Å². The first-order valence-corrected chi connectivity index (χ1v) is 3.07. The first kappa shape index (κ1) is 7.35. The molecule has 0 unspecified atom stereocenters. The Labute approximate surface area is 63.4 Å². The zero-order valence-electron chi connectivity index (χ0n) is 5.10. The predicted molar refractivity (Wildman–Crippen MR) is 36.9 cm³/mol. The molecule has 0 saturated carbocycles. The zero-order valence-corrected chi connectivity index (χ0v) is 5.86. The van der Waals surface area contributed by atoms with E-state index in [0.717, 1.165) is 0 Å². The molecular formula is C7H5ClFO. The van der Waals surface area contributed by atoms with Crippen LogP contribution in [0.15, 0.2) is 18.2 Å². The molecule has 0 amide bonds. The Morgan fingerprint density at radius 1 is 1.70 bits per heavy atom. The standard InChI is InChI=1S/C7H5ClFO/c8-6-3-1-2-4-7(6)10-5-9/h2-4H,5H2. The number of benzene rings is 1. The normalized spacial score (nSPS) is 9.40. The third kappa shape index (κ3) is 1.61. The predicted octanol–water partition coefficient (Wildman–Crippen LogP) is 2.45. The molecule has 10 heavy (non-hydrogen) atoms. The number of alkyl halides is 1. The molecule has 0 saturated heterocycles. The van der Waals surface area contributed by atoms with Crippen LogP contribution >= 0.6 is 11.6 Å². The lowest BCUT2D eigenvalue weighted by atomic mass is 10.3. The first-order chi connectivity index (χ1) is 4.84. The zero-order chi connectivity index (χ0) is 7.40. The van der Waals surface area contributed by atoms with Gasteiger partial charge in [0.2, 0.25) is 6.86 Å². The molecule has 0 fully saturated rings. The van der Waals surface area contributed by atoms with E-state index < -0.39 is 6.86 Å². The second-order valence-electron chi connectivity index (χ2n) is 1.61. The van der Waals surface area contributed by atoms with E-state index in [1.165, 1.54) is 6.07 Å². The van der Waals surface area contributed by atoms with Crippen molar-refractivity contribution in [3.8, 4) is 5.75 Å². The van der Waals surface area contributed by atoms with E-state index in [0.29, 0.717) is 10.8 Å². The summed E-state index contributed by atoms with van der Waals surface area (Å²) in [7, 11) is 0. The van der Waals surface area contributed by atoms with Gasteiger partial charge in [-0.15, -0.1) is 0 Å². The third-order valence-corrected chi connectivity index (χ3v) is 1.28. The van der Waals surface area contributed by atoms with Crippen LogP contribution in [0.2, 0.25) is 5.02 Å². The van der Waals surface area contributed by atoms with Crippen molar-refractivity contribution in [2.24, 2.45) is 0 Å². The Morgan fingerprint density at radius 2 is 2.50 bits per heavy atom. The highest BCUT2D eigenvalue weighted by Gasteiger charge is 1.96. The Morgan fingerprint density at radius 3 is 3.10 bits per heavy atom. The molecule has 1 aromatic carbocycles. The second-order valence-corrected chi connectivity index (χ2v) is 2.02. The molecule has 0 aromatic heterocycles. The lowest BCUT2D eigenvalue weighted by molar-refractivity contribution is 0.192. The molecule has 0 aliphatic rings. The molecule has 1 rings (SSSR count). The molecule has 0 spiro atoms. The second kappa shape index (κ2) is 3.42. The summed E-state index contributed by atoms with van der Waals surface area (Å²) in [5.41, 5.74) is 0. The lowest BCUT2D eigenvalue weighted by Crippen LogP contribution is -1.89. The summed E-state index contributed by atoms with van der Waals surface area (Å²) in [4.78, 5) is 0. The van der Waals surface area contributed by atoms with E-state index >= 15 is 0 Å². The average molecular weight is 160 g/mol. The van der Waals surface area contributed by atoms with Gasteiger partial charge in [0, 0.05) is 0 Å². The van der Waals surface area contributed by atoms with Crippen LogP contribution < -0.4 is 4.74 Å². The van der Waals surface area contributed by atoms with E-state index in [9.17, 15) is 4.39 Å². The largest absolute Gasteiger partial charge is 0.461 e. The lowest BCUT2D eigenvalue weighted by Gasteiger charge is -2.00. The van der Waals surface area contributed by atoms with Crippen LogP contribution in [0.5, 0.6) is 5.75 Å². The van der Waals surface area contributed by atoms with Crippen LogP contribution in [0.3, 0.4) is 0 Å². The van der Waals surface area contributed by atoms with Gasteiger partial charge in [-0.2, -0.15) is 0 Å². The minimum absolute atomic E-state index is 0.350. The van der Waals surface area contributed by atoms with Gasteiger partial charge in [0.1, 0.15) is 5.75 Å². The molecule has 0 atom stereocenters. The Balaban J connectivity index is 2.81. The quantitative estimate of drug-likeness (QED) is 0.644. The summed E-state index contributed by atoms with van der Waals surface area (Å²) in [6.07, 6.45) is 0. The molecule has 0 heterocycles. The van der Waals surface area contributed by atoms with Crippen molar-refractivity contribution in [3.05, 3.63) is 29.3 Å². The highest BCUT2D eigenvalue weighted by molar-refractivity contribution is 6.32. The maximum atomic E-state index is 11.6. The monoisotopic (exact) mass is 159 g/mol. The fraction of sp³-hybridized carbons (Fsp3) is 0.143. The molecule has 0 bridgehead atoms. The highest BCUT2D eigenvalue weighted by atomic mass is 35.5. The molecule has 0 N–H and O–H groups in total. The fourth-order valence-electron chi connectivity index (χ4n) is 0.572. The Hall–Kier alpha value is -0.760. The third-order valence-electron chi connectivity index (χ3n) is 0.986. The number of hydrogen-bond donors (Lipinski definition) is 0. The molecule has 1 aromatic rings. The van der Waals surface area contributed by atoms with E-state index in [-0.39, 0.29) is 0 Å². The smallest absolute Gasteiger partial charge is 0.228 e. The van der Waals surface area contributed by atoms with Gasteiger partial charge in [-0.05, 0) is 18.2 Å². The van der Waals surface area contributed by atoms with Crippen molar-refractivity contribution in [2.75, 3.05) is 6.86 Å². The van der Waals surface area contributed by atoms with Crippen LogP contribution in [0.25, 0.3) is 0 Å². The van der Waals surface area contributed by atoms with Crippen molar-refractivity contribution in [3.63, 3.8) is 0 Å². The highest BCUT2D eigenvalue weighted by Crippen LogP contribution is 2.22. The first-order valence-electron chi connectivity index (χ1n) is 2.69. The summed E-state index contributed by atoms with van der Waals surface area (Å²) in [6.45, 7) is -0.857. The van der Waals surface area contributed by atoms with Gasteiger partial charge in [-0.1, -0.05) is 17.7 Å². The summed E-state index contributed by atoms with van der Waals surface area (Å²) in [5, 5.41) is 0.375. The average Bonchev–Trinajstić information content (AvgIpc) is 1.94. The molecule has 0 aliphatic heterocycles. The van der Waals surface area contributed by atoms with Gasteiger partial charge in [0.25, 0.3) is 0 Å². The maximum absolute atomic E-state index is 11.6. The van der Waals surface area contributed by atoms with Gasteiger partial charge >= 0.3 is 0 Å². The number of hydrogen-bond acceptors (Lipinski definition) is 1. The molecule has 1 radical (unpaired) electrons. The minimum atomic E-state index is -0.857. The van der Waals surface area contributed by atoms with Gasteiger partial charge in [-0.3, -0.25) is 0 Å². The summed E-state index contributed by atoms with van der Waals surface area (Å²) in [6, 6.07) is 7.41. The van der Waals surface area contributed by atoms with Crippen LogP contribution in [-0.4, -0.2) is 6.86 Å². The number of ether oxygens (including phenoxy) is 1. The van der Waals surface area contributed by atoms with Gasteiger partial charge < -0.3 is 4.74 Å². The van der Waals surface area contributed by atoms with Gasteiger partial charge in [0.05, 0.1) is 5.02 Å². The molecule has 0 aliphatic carbocycles. The summed E-state index contributed by atoms with van der Waals surface area (Å²) >= 11 is 5.58. The molecular weight excluding hydrogens is 155 g/mol. The van der Waals surface area contributed by atoms with E-state index in [1.807, 2.05) is 0 Å². The number of rotatable bonds is 2. The van der Waals surface area contributed by atoms with Crippen molar-refractivity contribution in [2.45, 2.75) is 0 Å². The summed E-state index contributed by atoms with van der Waals surface area (Å²) in [5.74, 6) is 0.350.